The fourth-order valence-electron chi connectivity index (χ4n) is 5.25. The lowest BCUT2D eigenvalue weighted by Crippen LogP contribution is -2.30. The monoisotopic (exact) mass is 732 g/mol. The molecule has 5 aromatic carbocycles. The second kappa shape index (κ2) is 17.6. The third kappa shape index (κ3) is 9.60. The van der Waals surface area contributed by atoms with E-state index in [-0.39, 0.29) is 17.3 Å². The summed E-state index contributed by atoms with van der Waals surface area (Å²) in [6.45, 7) is 1.69. The molecule has 5 rings (SSSR count). The Bertz CT molecular complexity index is 2160. The second-order valence-corrected chi connectivity index (χ2v) is 12.6. The van der Waals surface area contributed by atoms with Gasteiger partial charge in [0.05, 0.1) is 26.3 Å². The van der Waals surface area contributed by atoms with E-state index < -0.39 is 22.0 Å². The predicted octanol–water partition coefficient (Wildman–Crippen LogP) is 7.81. The maximum atomic E-state index is 13.9. The Morgan fingerprint density at radius 1 is 0.755 bits per heavy atom. The van der Waals surface area contributed by atoms with Gasteiger partial charge in [-0.3, -0.25) is 24.5 Å². The fraction of sp³-hybridized carbons (Fsp3) is 0.125. The molecule has 270 valence electrons. The average molecular weight is 733 g/mol. The van der Waals surface area contributed by atoms with Crippen LogP contribution < -0.4 is 30.2 Å². The van der Waals surface area contributed by atoms with Crippen LogP contribution in [-0.4, -0.2) is 44.0 Å². The van der Waals surface area contributed by atoms with Crippen LogP contribution in [0.2, 0.25) is 0 Å². The number of rotatable bonds is 14. The van der Waals surface area contributed by atoms with Crippen molar-refractivity contribution in [2.24, 2.45) is 0 Å². The van der Waals surface area contributed by atoms with Crippen molar-refractivity contribution < 1.29 is 33.5 Å². The number of amides is 3. The molecule has 13 heteroatoms. The van der Waals surface area contributed by atoms with Crippen LogP contribution in [0.25, 0.3) is 6.08 Å². The normalized spacial score (nSPS) is 11.5. The number of non-ortho nitro benzene ring substituents is 1. The Hall–Kier alpha value is -6.60. The highest BCUT2D eigenvalue weighted by Crippen LogP contribution is 2.38. The number of aryl methyl sites for hydroxylation is 1. The van der Waals surface area contributed by atoms with Crippen LogP contribution in [0.4, 0.5) is 17.1 Å². The topological polar surface area (TPSA) is 158 Å². The summed E-state index contributed by atoms with van der Waals surface area (Å²) in [5.74, 6) is -0.297. The highest BCUT2D eigenvalue weighted by atomic mass is 32.2. The van der Waals surface area contributed by atoms with Crippen LogP contribution in [0.1, 0.15) is 32.3 Å². The molecular formula is C40H36N4O8S. The van der Waals surface area contributed by atoms with Crippen molar-refractivity contribution in [3.05, 3.63) is 153 Å². The molecule has 0 aliphatic rings. The molecule has 1 atom stereocenters. The standard InChI is InChI=1S/C40H36N4O8S/c1-25-20-30(44(48)49)18-19-32(25)42-40(47)37(26-12-7-5-8-13-26)53-31-17-11-16-29(23-31)41-39(46)33(43-38(45)27-14-9-6-10-15-27)21-28-22-35(51-3)36(52-4)24-34(28)50-2/h5-24,37H,1-4H3,(H,41,46)(H,42,47)(H,43,45)/b33-21+. The summed E-state index contributed by atoms with van der Waals surface area (Å²) < 4.78 is 16.4. The smallest absolute Gasteiger partial charge is 0.272 e. The average Bonchev–Trinajstić information content (AvgIpc) is 3.17. The lowest BCUT2D eigenvalue weighted by Gasteiger charge is -2.18. The fourth-order valence-corrected chi connectivity index (χ4v) is 6.33. The molecule has 0 radical (unpaired) electrons. The molecule has 0 saturated carbocycles. The van der Waals surface area contributed by atoms with E-state index in [9.17, 15) is 24.5 Å². The van der Waals surface area contributed by atoms with E-state index in [0.29, 0.717) is 50.2 Å². The highest BCUT2D eigenvalue weighted by Gasteiger charge is 2.24. The molecule has 1 unspecified atom stereocenters. The van der Waals surface area contributed by atoms with Gasteiger partial charge in [-0.1, -0.05) is 54.6 Å². The van der Waals surface area contributed by atoms with Crippen molar-refractivity contribution in [3.8, 4) is 17.2 Å². The number of anilines is 2. The van der Waals surface area contributed by atoms with Crippen molar-refractivity contribution >= 4 is 52.6 Å². The van der Waals surface area contributed by atoms with Gasteiger partial charge in [0, 0.05) is 45.6 Å². The van der Waals surface area contributed by atoms with Gasteiger partial charge in [-0.25, -0.2) is 0 Å². The number of benzene rings is 5. The molecule has 0 fully saturated rings. The Labute approximate surface area is 310 Å². The molecule has 5 aromatic rings. The minimum absolute atomic E-state index is 0.0751. The molecule has 53 heavy (non-hydrogen) atoms. The first-order valence-corrected chi connectivity index (χ1v) is 17.0. The van der Waals surface area contributed by atoms with Crippen molar-refractivity contribution in [2.45, 2.75) is 17.1 Å². The number of hydrogen-bond donors (Lipinski definition) is 3. The van der Waals surface area contributed by atoms with Gasteiger partial charge in [-0.2, -0.15) is 0 Å². The summed E-state index contributed by atoms with van der Waals surface area (Å²) in [6.07, 6.45) is 1.48. The lowest BCUT2D eigenvalue weighted by molar-refractivity contribution is -0.384. The van der Waals surface area contributed by atoms with Gasteiger partial charge in [0.2, 0.25) is 5.91 Å². The summed E-state index contributed by atoms with van der Waals surface area (Å²) in [5, 5.41) is 19.0. The third-order valence-electron chi connectivity index (χ3n) is 7.93. The third-order valence-corrected chi connectivity index (χ3v) is 9.18. The van der Waals surface area contributed by atoms with Crippen LogP contribution in [-0.2, 0) is 9.59 Å². The van der Waals surface area contributed by atoms with Gasteiger partial charge >= 0.3 is 0 Å². The number of thioether (sulfide) groups is 1. The van der Waals surface area contributed by atoms with E-state index in [2.05, 4.69) is 16.0 Å². The first-order valence-electron chi connectivity index (χ1n) is 16.2. The highest BCUT2D eigenvalue weighted by molar-refractivity contribution is 8.00. The number of nitrogens with one attached hydrogen (secondary N) is 3. The molecule has 3 amide bonds. The zero-order valence-electron chi connectivity index (χ0n) is 29.2. The molecule has 3 N–H and O–H groups in total. The Morgan fingerprint density at radius 2 is 1.42 bits per heavy atom. The van der Waals surface area contributed by atoms with Crippen molar-refractivity contribution in [1.82, 2.24) is 5.32 Å². The van der Waals surface area contributed by atoms with E-state index in [1.165, 1.54) is 57.4 Å². The number of nitrogens with zero attached hydrogens (tertiary/aromatic N) is 1. The van der Waals surface area contributed by atoms with Crippen LogP contribution in [0, 0.1) is 17.0 Å². The predicted molar refractivity (Wildman–Crippen MR) is 205 cm³/mol. The minimum Gasteiger partial charge on any atom is -0.496 e. The number of carbonyl (C=O) groups is 3. The number of methoxy groups -OCH3 is 3. The number of nitro benzene ring substituents is 1. The van der Waals surface area contributed by atoms with Crippen LogP contribution in [0.3, 0.4) is 0 Å². The zero-order valence-corrected chi connectivity index (χ0v) is 30.1. The van der Waals surface area contributed by atoms with Crippen LogP contribution >= 0.6 is 11.8 Å². The van der Waals surface area contributed by atoms with Gasteiger partial charge in [0.15, 0.2) is 11.5 Å². The van der Waals surface area contributed by atoms with Gasteiger partial charge in [-0.05, 0) is 66.6 Å². The molecule has 0 saturated heterocycles. The maximum absolute atomic E-state index is 13.9. The molecule has 0 aliphatic carbocycles. The number of nitro groups is 1. The first kappa shape index (κ1) is 37.7. The van der Waals surface area contributed by atoms with E-state index in [1.54, 1.807) is 67.6 Å². The maximum Gasteiger partial charge on any atom is 0.272 e. The molecule has 0 heterocycles. The van der Waals surface area contributed by atoms with E-state index in [1.807, 2.05) is 36.4 Å². The van der Waals surface area contributed by atoms with Crippen molar-refractivity contribution in [2.75, 3.05) is 32.0 Å². The minimum atomic E-state index is -0.727. The number of carbonyl (C=O) groups excluding carboxylic acids is 3. The molecule has 0 aliphatic heterocycles. The van der Waals surface area contributed by atoms with Gasteiger partial charge in [-0.15, -0.1) is 11.8 Å². The Morgan fingerprint density at radius 3 is 2.06 bits per heavy atom. The summed E-state index contributed by atoms with van der Waals surface area (Å²) in [4.78, 5) is 52.4. The number of ether oxygens (including phenoxy) is 3. The number of hydrogen-bond acceptors (Lipinski definition) is 9. The lowest BCUT2D eigenvalue weighted by atomic mass is 10.1. The van der Waals surface area contributed by atoms with Gasteiger partial charge < -0.3 is 30.2 Å². The second-order valence-electron chi connectivity index (χ2n) is 11.5. The van der Waals surface area contributed by atoms with Crippen LogP contribution in [0.15, 0.2) is 126 Å². The summed E-state index contributed by atoms with van der Waals surface area (Å²) >= 11 is 1.26. The van der Waals surface area contributed by atoms with E-state index >= 15 is 0 Å². The zero-order chi connectivity index (χ0) is 37.9. The van der Waals surface area contributed by atoms with Crippen molar-refractivity contribution in [3.63, 3.8) is 0 Å². The van der Waals surface area contributed by atoms with Crippen LogP contribution in [0.5, 0.6) is 17.2 Å². The molecular weight excluding hydrogens is 697 g/mol. The van der Waals surface area contributed by atoms with E-state index in [0.717, 1.165) is 5.56 Å². The molecule has 12 nitrogen and oxygen atoms in total. The first-order chi connectivity index (χ1) is 25.6. The molecule has 0 spiro atoms. The molecule has 0 aromatic heterocycles. The Balaban J connectivity index is 1.43. The SMILES string of the molecule is COc1cc(OC)c(OC)cc1/C=C(/NC(=O)c1ccccc1)C(=O)Nc1cccc(SC(C(=O)Nc2ccc([N+](=O)[O-])cc2C)c2ccccc2)c1. The van der Waals surface area contributed by atoms with Gasteiger partial charge in [0.1, 0.15) is 16.7 Å². The van der Waals surface area contributed by atoms with E-state index in [4.69, 9.17) is 14.2 Å². The summed E-state index contributed by atoms with van der Waals surface area (Å²) in [5.41, 5.74) is 2.75. The molecule has 0 bridgehead atoms. The summed E-state index contributed by atoms with van der Waals surface area (Å²) in [7, 11) is 4.45. The van der Waals surface area contributed by atoms with Crippen molar-refractivity contribution in [1.29, 1.82) is 0 Å². The Kier molecular flexibility index (Phi) is 12.5. The quantitative estimate of drug-likeness (QED) is 0.0448. The largest absolute Gasteiger partial charge is 0.496 e. The summed E-state index contributed by atoms with van der Waals surface area (Å²) in [6, 6.07) is 32.1. The van der Waals surface area contributed by atoms with Gasteiger partial charge in [0.25, 0.3) is 17.5 Å².